The Bertz CT molecular complexity index is 534. The van der Waals surface area contributed by atoms with Crippen LogP contribution in [0.5, 0.6) is 0 Å². The van der Waals surface area contributed by atoms with Crippen molar-refractivity contribution in [3.05, 3.63) is 35.9 Å². The molecule has 2 aliphatic rings. The zero-order chi connectivity index (χ0) is 17.5. The first-order valence-corrected chi connectivity index (χ1v) is 9.21. The first kappa shape index (κ1) is 18.3. The van der Waals surface area contributed by atoms with Gasteiger partial charge in [0.25, 0.3) is 0 Å². The largest absolute Gasteiger partial charge is 0.381 e. The van der Waals surface area contributed by atoms with Crippen molar-refractivity contribution in [2.75, 3.05) is 39.5 Å². The number of rotatable bonds is 6. The molecular weight excluding hydrogens is 318 g/mol. The second kappa shape index (κ2) is 9.29. The molecule has 0 radical (unpaired) electrons. The van der Waals surface area contributed by atoms with Gasteiger partial charge in [0.1, 0.15) is 0 Å². The van der Waals surface area contributed by atoms with Crippen LogP contribution in [0.25, 0.3) is 0 Å². The maximum absolute atomic E-state index is 12.3. The number of nitrogens with zero attached hydrogens (tertiary/aromatic N) is 1. The molecule has 0 saturated carbocycles. The zero-order valence-corrected chi connectivity index (χ0v) is 14.7. The third-order valence-corrected chi connectivity index (χ3v) is 5.05. The second-order valence-electron chi connectivity index (χ2n) is 6.93. The summed E-state index contributed by atoms with van der Waals surface area (Å²) >= 11 is 0. The molecule has 2 fully saturated rings. The van der Waals surface area contributed by atoms with Gasteiger partial charge in [-0.05, 0) is 24.3 Å². The number of carbonyl (C=O) groups is 1. The Balaban J connectivity index is 1.42. The van der Waals surface area contributed by atoms with Crippen molar-refractivity contribution in [3.8, 4) is 0 Å². The molecule has 6 nitrogen and oxygen atoms in total. The number of nitrogens with one attached hydrogen (secondary N) is 1. The Morgan fingerprint density at radius 1 is 1.24 bits per heavy atom. The number of morpholine rings is 1. The summed E-state index contributed by atoms with van der Waals surface area (Å²) in [6.45, 7) is 5.26. The fourth-order valence-corrected chi connectivity index (χ4v) is 3.51. The number of ether oxygens (including phenoxy) is 2. The van der Waals surface area contributed by atoms with Gasteiger partial charge in [0.2, 0.25) is 5.91 Å². The summed E-state index contributed by atoms with van der Waals surface area (Å²) < 4.78 is 11.1. The highest BCUT2D eigenvalue weighted by atomic mass is 16.5. The van der Waals surface area contributed by atoms with E-state index in [4.69, 9.17) is 15.2 Å². The van der Waals surface area contributed by atoms with Crippen molar-refractivity contribution in [2.45, 2.75) is 31.5 Å². The molecule has 2 heterocycles. The van der Waals surface area contributed by atoms with Crippen molar-refractivity contribution >= 4 is 5.91 Å². The summed E-state index contributed by atoms with van der Waals surface area (Å²) in [6, 6.07) is 9.98. The molecule has 0 bridgehead atoms. The lowest BCUT2D eigenvalue weighted by Crippen LogP contribution is -2.51. The summed E-state index contributed by atoms with van der Waals surface area (Å²) in [5.74, 6) is 0.145. The van der Waals surface area contributed by atoms with Gasteiger partial charge in [-0.15, -0.1) is 0 Å². The lowest BCUT2D eigenvalue weighted by molar-refractivity contribution is -0.125. The molecule has 25 heavy (non-hydrogen) atoms. The van der Waals surface area contributed by atoms with E-state index in [9.17, 15) is 4.79 Å². The van der Waals surface area contributed by atoms with Crippen LogP contribution in [0.2, 0.25) is 0 Å². The standard InChI is InChI=1S/C19H29N3O3/c20-18(16-6-9-24-10-7-16)19(23)21-12-17-14-22(8-11-25-17)13-15-4-2-1-3-5-15/h1-5,16-18H,6-14,20H2,(H,21,23). The molecular formula is C19H29N3O3. The SMILES string of the molecule is NC(C(=O)NCC1CN(Cc2ccccc2)CCO1)C1CCOCC1. The van der Waals surface area contributed by atoms with Gasteiger partial charge in [0.15, 0.2) is 0 Å². The molecule has 0 spiro atoms. The minimum absolute atomic E-state index is 0.0169. The van der Waals surface area contributed by atoms with Crippen LogP contribution in [0.4, 0.5) is 0 Å². The first-order valence-electron chi connectivity index (χ1n) is 9.21. The van der Waals surface area contributed by atoms with Crippen LogP contribution in [0, 0.1) is 5.92 Å². The highest BCUT2D eigenvalue weighted by Gasteiger charge is 2.27. The van der Waals surface area contributed by atoms with Crippen LogP contribution in [-0.2, 0) is 20.8 Å². The van der Waals surface area contributed by atoms with Crippen LogP contribution in [0.1, 0.15) is 18.4 Å². The van der Waals surface area contributed by atoms with Gasteiger partial charge >= 0.3 is 0 Å². The number of benzene rings is 1. The summed E-state index contributed by atoms with van der Waals surface area (Å²) in [7, 11) is 0. The Hall–Kier alpha value is -1.47. The predicted octanol–water partition coefficient (Wildman–Crippen LogP) is 0.758. The second-order valence-corrected chi connectivity index (χ2v) is 6.93. The lowest BCUT2D eigenvalue weighted by Gasteiger charge is -2.33. The topological polar surface area (TPSA) is 76.8 Å². The van der Waals surface area contributed by atoms with Gasteiger partial charge in [-0.1, -0.05) is 30.3 Å². The minimum Gasteiger partial charge on any atom is -0.381 e. The normalized spacial score (nSPS) is 24.0. The molecule has 1 aromatic carbocycles. The lowest BCUT2D eigenvalue weighted by atomic mass is 9.92. The van der Waals surface area contributed by atoms with Gasteiger partial charge in [-0.25, -0.2) is 0 Å². The quantitative estimate of drug-likeness (QED) is 0.794. The number of nitrogens with two attached hydrogens (primary N) is 1. The molecule has 6 heteroatoms. The van der Waals surface area contributed by atoms with E-state index in [2.05, 4.69) is 34.5 Å². The minimum atomic E-state index is -0.451. The van der Waals surface area contributed by atoms with Crippen LogP contribution in [-0.4, -0.2) is 62.4 Å². The summed E-state index contributed by atoms with van der Waals surface area (Å²) in [5.41, 5.74) is 7.42. The third kappa shape index (κ3) is 5.51. The molecule has 2 atom stereocenters. The molecule has 2 saturated heterocycles. The Morgan fingerprint density at radius 2 is 2.00 bits per heavy atom. The zero-order valence-electron chi connectivity index (χ0n) is 14.7. The first-order chi connectivity index (χ1) is 12.2. The van der Waals surface area contributed by atoms with E-state index in [-0.39, 0.29) is 17.9 Å². The smallest absolute Gasteiger partial charge is 0.237 e. The highest BCUT2D eigenvalue weighted by Crippen LogP contribution is 2.17. The van der Waals surface area contributed by atoms with Crippen LogP contribution in [0.15, 0.2) is 30.3 Å². The summed E-state index contributed by atoms with van der Waals surface area (Å²) in [4.78, 5) is 14.7. The van der Waals surface area contributed by atoms with Crippen LogP contribution in [0.3, 0.4) is 0 Å². The van der Waals surface area contributed by atoms with Crippen molar-refractivity contribution in [1.29, 1.82) is 0 Å². The number of carbonyl (C=O) groups excluding carboxylic acids is 1. The highest BCUT2D eigenvalue weighted by molar-refractivity contribution is 5.81. The van der Waals surface area contributed by atoms with E-state index in [1.165, 1.54) is 5.56 Å². The molecule has 2 unspecified atom stereocenters. The maximum Gasteiger partial charge on any atom is 0.237 e. The number of amides is 1. The molecule has 138 valence electrons. The molecule has 3 rings (SSSR count). The van der Waals surface area contributed by atoms with E-state index < -0.39 is 6.04 Å². The Morgan fingerprint density at radius 3 is 2.76 bits per heavy atom. The van der Waals surface area contributed by atoms with Gasteiger partial charge in [0.05, 0.1) is 18.8 Å². The fourth-order valence-electron chi connectivity index (χ4n) is 3.51. The van der Waals surface area contributed by atoms with E-state index in [1.54, 1.807) is 0 Å². The van der Waals surface area contributed by atoms with Crippen molar-refractivity contribution in [1.82, 2.24) is 10.2 Å². The van der Waals surface area contributed by atoms with E-state index >= 15 is 0 Å². The number of hydrogen-bond acceptors (Lipinski definition) is 5. The van der Waals surface area contributed by atoms with Gasteiger partial charge in [-0.2, -0.15) is 0 Å². The molecule has 1 amide bonds. The predicted molar refractivity (Wildman–Crippen MR) is 96.0 cm³/mol. The van der Waals surface area contributed by atoms with E-state index in [0.29, 0.717) is 26.4 Å². The Labute approximate surface area is 149 Å². The van der Waals surface area contributed by atoms with Crippen molar-refractivity contribution < 1.29 is 14.3 Å². The van der Waals surface area contributed by atoms with Gasteiger partial charge in [-0.3, -0.25) is 9.69 Å². The average molecular weight is 347 g/mol. The molecule has 1 aromatic rings. The van der Waals surface area contributed by atoms with Crippen molar-refractivity contribution in [3.63, 3.8) is 0 Å². The van der Waals surface area contributed by atoms with Gasteiger partial charge in [0, 0.05) is 39.4 Å². The van der Waals surface area contributed by atoms with Crippen LogP contribution < -0.4 is 11.1 Å². The third-order valence-electron chi connectivity index (χ3n) is 5.05. The van der Waals surface area contributed by atoms with E-state index in [0.717, 1.165) is 32.5 Å². The number of hydrogen-bond donors (Lipinski definition) is 2. The summed E-state index contributed by atoms with van der Waals surface area (Å²) in [5, 5.41) is 2.98. The molecule has 0 aromatic heterocycles. The van der Waals surface area contributed by atoms with Crippen molar-refractivity contribution in [2.24, 2.45) is 11.7 Å². The Kier molecular flexibility index (Phi) is 6.81. The van der Waals surface area contributed by atoms with Crippen LogP contribution >= 0.6 is 0 Å². The van der Waals surface area contributed by atoms with E-state index in [1.807, 2.05) is 6.07 Å². The summed E-state index contributed by atoms with van der Waals surface area (Å²) in [6.07, 6.45) is 1.74. The fraction of sp³-hybridized carbons (Fsp3) is 0.632. The maximum atomic E-state index is 12.3. The molecule has 0 aliphatic carbocycles. The monoisotopic (exact) mass is 347 g/mol. The molecule has 3 N–H and O–H groups in total. The molecule has 2 aliphatic heterocycles. The average Bonchev–Trinajstić information content (AvgIpc) is 2.67. The van der Waals surface area contributed by atoms with Gasteiger partial charge < -0.3 is 20.5 Å².